The van der Waals surface area contributed by atoms with Crippen molar-refractivity contribution in [2.45, 2.75) is 26.7 Å². The van der Waals surface area contributed by atoms with Crippen molar-refractivity contribution in [3.8, 4) is 11.5 Å². The van der Waals surface area contributed by atoms with Crippen molar-refractivity contribution in [3.63, 3.8) is 0 Å². The number of carbonyl (C=O) groups is 1. The Morgan fingerprint density at radius 3 is 2.52 bits per heavy atom. The van der Waals surface area contributed by atoms with Gasteiger partial charge in [0.25, 0.3) is 0 Å². The summed E-state index contributed by atoms with van der Waals surface area (Å²) >= 11 is 0. The molecule has 134 valence electrons. The summed E-state index contributed by atoms with van der Waals surface area (Å²) in [5.74, 6) is 1.49. The number of aryl methyl sites for hydroxylation is 1. The van der Waals surface area contributed by atoms with Gasteiger partial charge >= 0.3 is 6.03 Å². The van der Waals surface area contributed by atoms with Crippen LogP contribution in [0.25, 0.3) is 0 Å². The van der Waals surface area contributed by atoms with Crippen LogP contribution in [0.5, 0.6) is 11.5 Å². The van der Waals surface area contributed by atoms with E-state index in [-0.39, 0.29) is 12.6 Å². The zero-order chi connectivity index (χ0) is 18.1. The van der Waals surface area contributed by atoms with Gasteiger partial charge in [-0.3, -0.25) is 0 Å². The van der Waals surface area contributed by atoms with E-state index >= 15 is 0 Å². The van der Waals surface area contributed by atoms with Crippen molar-refractivity contribution >= 4 is 11.7 Å². The average Bonchev–Trinajstić information content (AvgIpc) is 2.60. The number of aliphatic hydroxyl groups excluding tert-OH is 1. The van der Waals surface area contributed by atoms with Gasteiger partial charge in [-0.25, -0.2) is 4.79 Å². The van der Waals surface area contributed by atoms with Crippen molar-refractivity contribution in [1.29, 1.82) is 0 Å². The van der Waals surface area contributed by atoms with Gasteiger partial charge in [0.2, 0.25) is 0 Å². The fourth-order valence-electron chi connectivity index (χ4n) is 2.41. The summed E-state index contributed by atoms with van der Waals surface area (Å²) < 4.78 is 5.80. The molecule has 2 aromatic carbocycles. The first-order chi connectivity index (χ1) is 12.1. The van der Waals surface area contributed by atoms with Gasteiger partial charge in [0, 0.05) is 18.8 Å². The number of nitrogens with zero attached hydrogens (tertiary/aromatic N) is 1. The third-order valence-electron chi connectivity index (χ3n) is 3.77. The number of rotatable bonds is 8. The Bertz CT molecular complexity index is 671. The van der Waals surface area contributed by atoms with Gasteiger partial charge in [-0.2, -0.15) is 0 Å². The number of carbonyl (C=O) groups excluding carboxylic acids is 1. The summed E-state index contributed by atoms with van der Waals surface area (Å²) in [7, 11) is 0. The molecule has 0 bridgehead atoms. The molecule has 2 amide bonds. The molecule has 0 aliphatic carbocycles. The van der Waals surface area contributed by atoms with Crippen LogP contribution in [0.4, 0.5) is 10.5 Å². The van der Waals surface area contributed by atoms with Crippen molar-refractivity contribution in [2.75, 3.05) is 25.0 Å². The van der Waals surface area contributed by atoms with E-state index in [0.29, 0.717) is 24.5 Å². The highest BCUT2D eigenvalue weighted by Gasteiger charge is 2.12. The number of hydrogen-bond donors (Lipinski definition) is 2. The summed E-state index contributed by atoms with van der Waals surface area (Å²) in [4.78, 5) is 13.9. The van der Waals surface area contributed by atoms with Crippen molar-refractivity contribution in [2.24, 2.45) is 0 Å². The van der Waals surface area contributed by atoms with Gasteiger partial charge in [-0.1, -0.05) is 25.5 Å². The van der Waals surface area contributed by atoms with Gasteiger partial charge in [-0.15, -0.1) is 0 Å². The number of amides is 2. The molecule has 0 spiro atoms. The second kappa shape index (κ2) is 9.69. The van der Waals surface area contributed by atoms with E-state index < -0.39 is 0 Å². The third kappa shape index (κ3) is 6.12. The highest BCUT2D eigenvalue weighted by Crippen LogP contribution is 2.23. The summed E-state index contributed by atoms with van der Waals surface area (Å²) in [5, 5.41) is 12.0. The minimum atomic E-state index is -0.199. The molecule has 0 heterocycles. The molecule has 0 aliphatic heterocycles. The Labute approximate surface area is 149 Å². The molecule has 0 unspecified atom stereocenters. The first kappa shape index (κ1) is 18.8. The Kier molecular flexibility index (Phi) is 7.29. The molecule has 0 aliphatic rings. The molecule has 0 fully saturated rings. The molecule has 5 nitrogen and oxygen atoms in total. The topological polar surface area (TPSA) is 61.8 Å². The van der Waals surface area contributed by atoms with Gasteiger partial charge in [0.1, 0.15) is 11.5 Å². The molecule has 2 aromatic rings. The van der Waals surface area contributed by atoms with Crippen molar-refractivity contribution in [3.05, 3.63) is 54.1 Å². The van der Waals surface area contributed by atoms with E-state index in [9.17, 15) is 4.79 Å². The van der Waals surface area contributed by atoms with Gasteiger partial charge in [0.05, 0.1) is 6.61 Å². The maximum Gasteiger partial charge on any atom is 0.321 e. The molecule has 2 N–H and O–H groups in total. The molecular formula is C20H26N2O3. The summed E-state index contributed by atoms with van der Waals surface area (Å²) in [6, 6.07) is 14.9. The van der Waals surface area contributed by atoms with E-state index in [1.807, 2.05) is 43.3 Å². The van der Waals surface area contributed by atoms with Crippen LogP contribution in [-0.4, -0.2) is 35.7 Å². The lowest BCUT2D eigenvalue weighted by molar-refractivity contribution is 0.187. The molecule has 0 saturated heterocycles. The van der Waals surface area contributed by atoms with E-state index in [0.717, 1.165) is 24.2 Å². The van der Waals surface area contributed by atoms with Crippen LogP contribution in [0.2, 0.25) is 0 Å². The first-order valence-electron chi connectivity index (χ1n) is 8.63. The quantitative estimate of drug-likeness (QED) is 0.747. The summed E-state index contributed by atoms with van der Waals surface area (Å²) in [6.07, 6.45) is 1.91. The zero-order valence-electron chi connectivity index (χ0n) is 14.9. The Hall–Kier alpha value is -2.53. The second-order valence-electron chi connectivity index (χ2n) is 5.94. The Morgan fingerprint density at radius 2 is 1.88 bits per heavy atom. The van der Waals surface area contributed by atoms with Crippen LogP contribution < -0.4 is 10.1 Å². The minimum Gasteiger partial charge on any atom is -0.457 e. The molecule has 0 atom stereocenters. The number of aliphatic hydroxyl groups is 1. The highest BCUT2D eigenvalue weighted by molar-refractivity contribution is 5.89. The maximum absolute atomic E-state index is 12.3. The highest BCUT2D eigenvalue weighted by atomic mass is 16.5. The summed E-state index contributed by atoms with van der Waals surface area (Å²) in [6.45, 7) is 5.02. The van der Waals surface area contributed by atoms with Crippen LogP contribution in [0.1, 0.15) is 25.3 Å². The molecule has 0 aromatic heterocycles. The second-order valence-corrected chi connectivity index (χ2v) is 5.94. The number of hydrogen-bond acceptors (Lipinski definition) is 3. The lowest BCUT2D eigenvalue weighted by Crippen LogP contribution is -2.37. The Morgan fingerprint density at radius 1 is 1.12 bits per heavy atom. The number of ether oxygens (including phenoxy) is 1. The number of nitrogens with one attached hydrogen (secondary N) is 1. The third-order valence-corrected chi connectivity index (χ3v) is 3.77. The van der Waals surface area contributed by atoms with Crippen molar-refractivity contribution < 1.29 is 14.6 Å². The van der Waals surface area contributed by atoms with E-state index in [2.05, 4.69) is 12.2 Å². The van der Waals surface area contributed by atoms with Gasteiger partial charge < -0.3 is 20.1 Å². The number of urea groups is 1. The van der Waals surface area contributed by atoms with Gasteiger partial charge in [0.15, 0.2) is 0 Å². The fraction of sp³-hybridized carbons (Fsp3) is 0.350. The molecule has 0 radical (unpaired) electrons. The van der Waals surface area contributed by atoms with Crippen LogP contribution >= 0.6 is 0 Å². The van der Waals surface area contributed by atoms with Crippen LogP contribution in [0, 0.1) is 6.92 Å². The summed E-state index contributed by atoms with van der Waals surface area (Å²) in [5.41, 5.74) is 1.83. The predicted octanol–water partition coefficient (Wildman–Crippen LogP) is 4.41. The normalized spacial score (nSPS) is 10.4. The fourth-order valence-corrected chi connectivity index (χ4v) is 2.41. The van der Waals surface area contributed by atoms with E-state index in [1.165, 1.54) is 0 Å². The van der Waals surface area contributed by atoms with E-state index in [4.69, 9.17) is 9.84 Å². The molecule has 25 heavy (non-hydrogen) atoms. The maximum atomic E-state index is 12.3. The molecule has 5 heteroatoms. The minimum absolute atomic E-state index is 0.0413. The molecule has 0 saturated carbocycles. The van der Waals surface area contributed by atoms with Gasteiger partial charge in [-0.05, 0) is 55.3 Å². The number of anilines is 1. The SMILES string of the molecule is CCCCN(CCO)C(=O)Nc1ccc(Oc2cccc(C)c2)cc1. The number of benzene rings is 2. The molecule has 2 rings (SSSR count). The Balaban J connectivity index is 1.95. The largest absolute Gasteiger partial charge is 0.457 e. The lowest BCUT2D eigenvalue weighted by Gasteiger charge is -2.22. The first-order valence-corrected chi connectivity index (χ1v) is 8.63. The predicted molar refractivity (Wildman–Crippen MR) is 100 cm³/mol. The smallest absolute Gasteiger partial charge is 0.321 e. The van der Waals surface area contributed by atoms with E-state index in [1.54, 1.807) is 17.0 Å². The molecular weight excluding hydrogens is 316 g/mol. The average molecular weight is 342 g/mol. The van der Waals surface area contributed by atoms with Crippen LogP contribution in [-0.2, 0) is 0 Å². The van der Waals surface area contributed by atoms with Crippen molar-refractivity contribution in [1.82, 2.24) is 4.90 Å². The standard InChI is InChI=1S/C20H26N2O3/c1-3-4-12-22(13-14-23)20(24)21-17-8-10-18(11-9-17)25-19-7-5-6-16(2)15-19/h5-11,15,23H,3-4,12-14H2,1-2H3,(H,21,24). The van der Waals surface area contributed by atoms with Crippen LogP contribution in [0.15, 0.2) is 48.5 Å². The number of unbranched alkanes of at least 4 members (excludes halogenated alkanes) is 1. The van der Waals surface area contributed by atoms with Crippen LogP contribution in [0.3, 0.4) is 0 Å². The zero-order valence-corrected chi connectivity index (χ0v) is 14.9. The monoisotopic (exact) mass is 342 g/mol. The lowest BCUT2D eigenvalue weighted by atomic mass is 10.2.